The standard InChI is InChI=1S/2C18H34O2.C10H22/c2*1-2-3-4-5-6-7-8-9-10-11-12-13-14-15-16-17-18(19)20;1-3-5-7-9-10-8-6-4-2/h2*9-10H,2-8,11-17H2,1H3,(H,19,20);3-10H2,1-2H3/b2*10-9-;. The van der Waals surface area contributed by atoms with E-state index in [0.29, 0.717) is 12.8 Å². The number of unbranched alkanes of at least 4 members (excludes halogenated alkanes) is 29. The zero-order chi connectivity index (χ0) is 37.4. The molecule has 0 fully saturated rings. The molecule has 0 heterocycles. The zero-order valence-electron chi connectivity index (χ0n) is 34.5. The summed E-state index contributed by atoms with van der Waals surface area (Å²) >= 11 is 0. The van der Waals surface area contributed by atoms with E-state index in [1.807, 2.05) is 0 Å². The highest BCUT2D eigenvalue weighted by atomic mass is 16.4. The van der Waals surface area contributed by atoms with Gasteiger partial charge in [0.2, 0.25) is 0 Å². The number of aliphatic carboxylic acids is 2. The van der Waals surface area contributed by atoms with Crippen molar-refractivity contribution < 1.29 is 19.8 Å². The van der Waals surface area contributed by atoms with Gasteiger partial charge in [-0.05, 0) is 64.2 Å². The van der Waals surface area contributed by atoms with Crippen molar-refractivity contribution in [1.82, 2.24) is 0 Å². The van der Waals surface area contributed by atoms with Crippen LogP contribution in [-0.4, -0.2) is 22.2 Å². The van der Waals surface area contributed by atoms with Crippen molar-refractivity contribution in [3.8, 4) is 0 Å². The predicted octanol–water partition coefficient (Wildman–Crippen LogP) is 16.4. The lowest BCUT2D eigenvalue weighted by atomic mass is 10.1. The van der Waals surface area contributed by atoms with Crippen LogP contribution in [0.15, 0.2) is 24.3 Å². The number of rotatable bonds is 37. The third-order valence-electron chi connectivity index (χ3n) is 9.26. The molecule has 0 aromatic heterocycles. The number of carboxylic acids is 2. The summed E-state index contributed by atoms with van der Waals surface area (Å²) in [5.41, 5.74) is 0. The molecule has 0 radical (unpaired) electrons. The largest absolute Gasteiger partial charge is 0.481 e. The van der Waals surface area contributed by atoms with Crippen LogP contribution in [0.5, 0.6) is 0 Å². The quantitative estimate of drug-likeness (QED) is 0.0498. The Balaban J connectivity index is -0.000000701. The number of hydrogen-bond acceptors (Lipinski definition) is 2. The second-order valence-corrected chi connectivity index (χ2v) is 14.6. The van der Waals surface area contributed by atoms with Gasteiger partial charge in [0.1, 0.15) is 0 Å². The molecule has 0 spiro atoms. The van der Waals surface area contributed by atoms with Gasteiger partial charge < -0.3 is 10.2 Å². The fourth-order valence-corrected chi connectivity index (χ4v) is 5.90. The molecule has 4 heteroatoms. The third-order valence-corrected chi connectivity index (χ3v) is 9.26. The van der Waals surface area contributed by atoms with Crippen molar-refractivity contribution in [3.63, 3.8) is 0 Å². The van der Waals surface area contributed by atoms with Gasteiger partial charge >= 0.3 is 11.9 Å². The maximum atomic E-state index is 10.3. The molecule has 0 aliphatic rings. The van der Waals surface area contributed by atoms with E-state index < -0.39 is 11.9 Å². The Morgan fingerprint density at radius 2 is 0.480 bits per heavy atom. The summed E-state index contributed by atoms with van der Waals surface area (Å²) in [5.74, 6) is -1.33. The maximum absolute atomic E-state index is 10.3. The van der Waals surface area contributed by atoms with E-state index in [1.54, 1.807) is 0 Å². The Morgan fingerprint density at radius 3 is 0.680 bits per heavy atom. The van der Waals surface area contributed by atoms with E-state index in [0.717, 1.165) is 25.7 Å². The van der Waals surface area contributed by atoms with Crippen LogP contribution < -0.4 is 0 Å². The molecule has 0 saturated heterocycles. The molecule has 0 aromatic carbocycles. The predicted molar refractivity (Wildman–Crippen MR) is 222 cm³/mol. The monoisotopic (exact) mass is 707 g/mol. The van der Waals surface area contributed by atoms with Gasteiger partial charge in [0.05, 0.1) is 0 Å². The van der Waals surface area contributed by atoms with Crippen molar-refractivity contribution in [2.75, 3.05) is 0 Å². The molecule has 0 unspecified atom stereocenters. The highest BCUT2D eigenvalue weighted by Crippen LogP contribution is 2.12. The summed E-state index contributed by atoms with van der Waals surface area (Å²) in [6.45, 7) is 9.06. The normalized spacial score (nSPS) is 11.0. The first-order chi connectivity index (χ1) is 24.5. The summed E-state index contributed by atoms with van der Waals surface area (Å²) in [5, 5.41) is 17.0. The molecule has 0 aliphatic heterocycles. The van der Waals surface area contributed by atoms with Crippen LogP contribution in [0.2, 0.25) is 0 Å². The first-order valence-electron chi connectivity index (χ1n) is 22.2. The SMILES string of the molecule is CCCCCCCC/C=C\CCCCCCCC(=O)O.CCCCCCCC/C=C\CCCCCCCC(=O)O.CCCCCCCCCC. The Kier molecular flexibility index (Phi) is 54.7. The Bertz CT molecular complexity index is 626. The van der Waals surface area contributed by atoms with Gasteiger partial charge in [-0.1, -0.05) is 206 Å². The van der Waals surface area contributed by atoms with Crippen LogP contribution in [-0.2, 0) is 9.59 Å². The summed E-state index contributed by atoms with van der Waals surface area (Å²) in [4.78, 5) is 20.6. The van der Waals surface area contributed by atoms with E-state index in [9.17, 15) is 9.59 Å². The minimum Gasteiger partial charge on any atom is -0.481 e. The summed E-state index contributed by atoms with van der Waals surface area (Å²) < 4.78 is 0. The second kappa shape index (κ2) is 51.8. The number of hydrogen-bond donors (Lipinski definition) is 2. The van der Waals surface area contributed by atoms with Crippen molar-refractivity contribution in [1.29, 1.82) is 0 Å². The smallest absolute Gasteiger partial charge is 0.303 e. The highest BCUT2D eigenvalue weighted by Gasteiger charge is 1.97. The zero-order valence-corrected chi connectivity index (χ0v) is 34.5. The van der Waals surface area contributed by atoms with Crippen LogP contribution in [0.1, 0.15) is 259 Å². The van der Waals surface area contributed by atoms with E-state index in [-0.39, 0.29) is 0 Å². The molecule has 0 amide bonds. The number of carbonyl (C=O) groups is 2. The first-order valence-corrected chi connectivity index (χ1v) is 22.2. The molecule has 0 aromatic rings. The summed E-state index contributed by atoms with van der Waals surface area (Å²) in [6, 6.07) is 0. The fourth-order valence-electron chi connectivity index (χ4n) is 5.90. The lowest BCUT2D eigenvalue weighted by molar-refractivity contribution is -0.138. The molecule has 0 rings (SSSR count). The van der Waals surface area contributed by atoms with Gasteiger partial charge in [-0.25, -0.2) is 0 Å². The number of carboxylic acid groups (broad SMARTS) is 2. The van der Waals surface area contributed by atoms with E-state index in [2.05, 4.69) is 52.0 Å². The topological polar surface area (TPSA) is 74.6 Å². The molecule has 298 valence electrons. The lowest BCUT2D eigenvalue weighted by Crippen LogP contribution is -1.93. The summed E-state index contributed by atoms with van der Waals surface area (Å²) in [7, 11) is 0. The Hall–Kier alpha value is -1.58. The van der Waals surface area contributed by atoms with Crippen molar-refractivity contribution in [2.24, 2.45) is 0 Å². The van der Waals surface area contributed by atoms with Crippen LogP contribution in [0.25, 0.3) is 0 Å². The van der Waals surface area contributed by atoms with Crippen molar-refractivity contribution in [3.05, 3.63) is 24.3 Å². The molecular formula is C46H90O4. The van der Waals surface area contributed by atoms with Crippen molar-refractivity contribution in [2.45, 2.75) is 259 Å². The average molecular weight is 707 g/mol. The van der Waals surface area contributed by atoms with E-state index in [1.165, 1.54) is 193 Å². The average Bonchev–Trinajstić information content (AvgIpc) is 3.10. The van der Waals surface area contributed by atoms with Gasteiger partial charge in [0, 0.05) is 12.8 Å². The van der Waals surface area contributed by atoms with E-state index in [4.69, 9.17) is 10.2 Å². The Morgan fingerprint density at radius 1 is 0.300 bits per heavy atom. The van der Waals surface area contributed by atoms with Crippen molar-refractivity contribution >= 4 is 11.9 Å². The molecule has 50 heavy (non-hydrogen) atoms. The van der Waals surface area contributed by atoms with Gasteiger partial charge in [-0.2, -0.15) is 0 Å². The minimum atomic E-state index is -0.664. The van der Waals surface area contributed by atoms with E-state index >= 15 is 0 Å². The van der Waals surface area contributed by atoms with Gasteiger partial charge in [0.15, 0.2) is 0 Å². The van der Waals surface area contributed by atoms with Crippen LogP contribution in [0, 0.1) is 0 Å². The number of allylic oxidation sites excluding steroid dienone is 4. The van der Waals surface area contributed by atoms with Gasteiger partial charge in [-0.3, -0.25) is 9.59 Å². The third kappa shape index (κ3) is 61.6. The fraction of sp³-hybridized carbons (Fsp3) is 0.870. The van der Waals surface area contributed by atoms with Gasteiger partial charge in [-0.15, -0.1) is 0 Å². The summed E-state index contributed by atoms with van der Waals surface area (Å²) in [6.07, 6.45) is 53.9. The second-order valence-electron chi connectivity index (χ2n) is 14.6. The first kappa shape index (κ1) is 52.8. The van der Waals surface area contributed by atoms with Crippen LogP contribution in [0.4, 0.5) is 0 Å². The Labute approximate surface area is 314 Å². The lowest BCUT2D eigenvalue weighted by Gasteiger charge is -1.99. The molecule has 0 bridgehead atoms. The highest BCUT2D eigenvalue weighted by molar-refractivity contribution is 5.66. The molecule has 2 N–H and O–H groups in total. The molecule has 0 saturated carbocycles. The molecule has 0 atom stereocenters. The molecular weight excluding hydrogens is 617 g/mol. The maximum Gasteiger partial charge on any atom is 0.303 e. The van der Waals surface area contributed by atoms with Crippen LogP contribution >= 0.6 is 0 Å². The van der Waals surface area contributed by atoms with Gasteiger partial charge in [0.25, 0.3) is 0 Å². The van der Waals surface area contributed by atoms with Crippen LogP contribution in [0.3, 0.4) is 0 Å². The minimum absolute atomic E-state index is 0.332. The molecule has 0 aliphatic carbocycles. The molecule has 4 nitrogen and oxygen atoms in total.